The minimum atomic E-state index is -0.946. The molecule has 0 aliphatic heterocycles. The molecule has 6 heteroatoms. The van der Waals surface area contributed by atoms with Crippen LogP contribution in [0.2, 0.25) is 0 Å². The Bertz CT molecular complexity index is 675. The third-order valence-electron chi connectivity index (χ3n) is 2.94. The van der Waals surface area contributed by atoms with E-state index in [0.29, 0.717) is 5.56 Å². The Kier molecular flexibility index (Phi) is 4.49. The van der Waals surface area contributed by atoms with Crippen molar-refractivity contribution >= 4 is 11.6 Å². The highest BCUT2D eigenvalue weighted by atomic mass is 19.1. The molecule has 110 valence electrons. The molecule has 0 aromatic heterocycles. The second kappa shape index (κ2) is 6.32. The van der Waals surface area contributed by atoms with Gasteiger partial charge in [0.15, 0.2) is 5.82 Å². The first-order valence-corrected chi connectivity index (χ1v) is 6.22. The smallest absolute Gasteiger partial charge is 0.254 e. The number of nitrogen functional groups attached to an aromatic ring is 1. The molecule has 21 heavy (non-hydrogen) atoms. The molecular weight excluding hydrogens is 278 g/mol. The van der Waals surface area contributed by atoms with Crippen molar-refractivity contribution in [2.75, 3.05) is 5.73 Å². The van der Waals surface area contributed by atoms with Gasteiger partial charge in [0.1, 0.15) is 5.82 Å². The Hall–Kier alpha value is -2.47. The summed E-state index contributed by atoms with van der Waals surface area (Å²) in [7, 11) is 0. The maximum atomic E-state index is 13.7. The van der Waals surface area contributed by atoms with E-state index < -0.39 is 28.8 Å². The van der Waals surface area contributed by atoms with Crippen LogP contribution in [-0.2, 0) is 13.2 Å². The van der Waals surface area contributed by atoms with Gasteiger partial charge in [0.05, 0.1) is 17.9 Å². The molecule has 0 unspecified atom stereocenters. The number of nitrogens with one attached hydrogen (secondary N) is 1. The minimum Gasteiger partial charge on any atom is -0.396 e. The van der Waals surface area contributed by atoms with Gasteiger partial charge in [0.2, 0.25) is 0 Å². The molecule has 1 amide bonds. The fourth-order valence-corrected chi connectivity index (χ4v) is 1.89. The Morgan fingerprint density at radius 1 is 1.19 bits per heavy atom. The van der Waals surface area contributed by atoms with E-state index in [4.69, 9.17) is 10.8 Å². The normalized spacial score (nSPS) is 10.4. The van der Waals surface area contributed by atoms with Gasteiger partial charge in [-0.3, -0.25) is 4.79 Å². The van der Waals surface area contributed by atoms with Gasteiger partial charge >= 0.3 is 0 Å². The van der Waals surface area contributed by atoms with Gasteiger partial charge in [-0.25, -0.2) is 8.78 Å². The lowest BCUT2D eigenvalue weighted by atomic mass is 10.1. The molecule has 0 saturated heterocycles. The van der Waals surface area contributed by atoms with E-state index in [1.807, 2.05) is 0 Å². The van der Waals surface area contributed by atoms with Crippen LogP contribution in [0.25, 0.3) is 0 Å². The van der Waals surface area contributed by atoms with Crippen LogP contribution in [0.4, 0.5) is 14.5 Å². The Morgan fingerprint density at radius 2 is 1.90 bits per heavy atom. The number of halogens is 2. The van der Waals surface area contributed by atoms with Gasteiger partial charge in [0.25, 0.3) is 5.91 Å². The molecule has 4 N–H and O–H groups in total. The summed E-state index contributed by atoms with van der Waals surface area (Å²) in [4.78, 5) is 11.9. The van der Waals surface area contributed by atoms with Crippen LogP contribution in [0.1, 0.15) is 21.5 Å². The molecule has 0 fully saturated rings. The lowest BCUT2D eigenvalue weighted by Crippen LogP contribution is -2.24. The van der Waals surface area contributed by atoms with Crippen molar-refractivity contribution in [2.24, 2.45) is 0 Å². The highest BCUT2D eigenvalue weighted by Crippen LogP contribution is 2.17. The van der Waals surface area contributed by atoms with Crippen molar-refractivity contribution < 1.29 is 18.7 Å². The summed E-state index contributed by atoms with van der Waals surface area (Å²) in [5, 5.41) is 11.5. The van der Waals surface area contributed by atoms with Crippen LogP contribution >= 0.6 is 0 Å². The number of hydrogen-bond donors (Lipinski definition) is 3. The highest BCUT2D eigenvalue weighted by molar-refractivity contribution is 5.95. The summed E-state index contributed by atoms with van der Waals surface area (Å²) in [5.41, 5.74) is 5.86. The molecular formula is C15H14F2N2O2. The summed E-state index contributed by atoms with van der Waals surface area (Å²) in [6, 6.07) is 8.53. The molecule has 0 radical (unpaired) electrons. The lowest BCUT2D eigenvalue weighted by Gasteiger charge is -2.08. The number of carbonyl (C=O) groups is 1. The number of carbonyl (C=O) groups excluding carboxylic acids is 1. The molecule has 0 saturated carbocycles. The minimum absolute atomic E-state index is 0.114. The molecule has 2 aromatic carbocycles. The molecule has 4 nitrogen and oxygen atoms in total. The molecule has 0 atom stereocenters. The number of rotatable bonds is 4. The van der Waals surface area contributed by atoms with Gasteiger partial charge < -0.3 is 16.2 Å². The summed E-state index contributed by atoms with van der Waals surface area (Å²) >= 11 is 0. The molecule has 0 aliphatic rings. The average molecular weight is 292 g/mol. The summed E-state index contributed by atoms with van der Waals surface area (Å²) in [6.45, 7) is 0.0133. The molecule has 0 heterocycles. The monoisotopic (exact) mass is 292 g/mol. The Morgan fingerprint density at radius 3 is 2.62 bits per heavy atom. The fourth-order valence-electron chi connectivity index (χ4n) is 1.89. The van der Waals surface area contributed by atoms with Crippen molar-refractivity contribution in [3.05, 3.63) is 64.7 Å². The second-order valence-corrected chi connectivity index (χ2v) is 4.52. The van der Waals surface area contributed by atoms with Gasteiger partial charge in [0, 0.05) is 6.54 Å². The van der Waals surface area contributed by atoms with Crippen molar-refractivity contribution in [3.8, 4) is 0 Å². The largest absolute Gasteiger partial charge is 0.396 e. The van der Waals surface area contributed by atoms with E-state index in [0.717, 1.165) is 17.7 Å². The van der Waals surface area contributed by atoms with Crippen LogP contribution in [0.3, 0.4) is 0 Å². The first-order chi connectivity index (χ1) is 10.0. The summed E-state index contributed by atoms with van der Waals surface area (Å²) in [5.74, 6) is -2.48. The zero-order chi connectivity index (χ0) is 15.4. The van der Waals surface area contributed by atoms with Crippen LogP contribution in [-0.4, -0.2) is 11.0 Å². The molecule has 2 aromatic rings. The second-order valence-electron chi connectivity index (χ2n) is 4.52. The molecule has 0 spiro atoms. The standard InChI is InChI=1S/C15H14F2N2O2/c16-11-5-12(14(17)13(18)6-11)15(21)19-7-9-2-1-3-10(4-9)8-20/h1-6,20H,7-8,18H2,(H,19,21). The van der Waals surface area contributed by atoms with Gasteiger partial charge in [-0.05, 0) is 23.3 Å². The third kappa shape index (κ3) is 3.55. The summed E-state index contributed by atoms with van der Waals surface area (Å²) in [6.07, 6.45) is 0. The number of amides is 1. The van der Waals surface area contributed by atoms with Crippen molar-refractivity contribution in [1.82, 2.24) is 5.32 Å². The van der Waals surface area contributed by atoms with E-state index in [1.165, 1.54) is 0 Å². The number of anilines is 1. The van der Waals surface area contributed by atoms with Crippen LogP contribution in [0.5, 0.6) is 0 Å². The van der Waals surface area contributed by atoms with E-state index >= 15 is 0 Å². The van der Waals surface area contributed by atoms with Gasteiger partial charge in [-0.2, -0.15) is 0 Å². The molecule has 0 bridgehead atoms. The maximum absolute atomic E-state index is 13.7. The Labute approximate surface area is 120 Å². The van der Waals surface area contributed by atoms with Crippen molar-refractivity contribution in [3.63, 3.8) is 0 Å². The number of benzene rings is 2. The zero-order valence-corrected chi connectivity index (χ0v) is 11.1. The number of hydrogen-bond acceptors (Lipinski definition) is 3. The summed E-state index contributed by atoms with van der Waals surface area (Å²) < 4.78 is 26.9. The topological polar surface area (TPSA) is 75.4 Å². The van der Waals surface area contributed by atoms with E-state index in [-0.39, 0.29) is 13.2 Å². The number of nitrogens with two attached hydrogens (primary N) is 1. The quantitative estimate of drug-likeness (QED) is 0.754. The lowest BCUT2D eigenvalue weighted by molar-refractivity contribution is 0.0946. The predicted octanol–water partition coefficient (Wildman–Crippen LogP) is 1.97. The zero-order valence-electron chi connectivity index (χ0n) is 11.1. The SMILES string of the molecule is Nc1cc(F)cc(C(=O)NCc2cccc(CO)c2)c1F. The predicted molar refractivity (Wildman–Crippen MR) is 74.3 cm³/mol. The maximum Gasteiger partial charge on any atom is 0.254 e. The van der Waals surface area contributed by atoms with E-state index in [9.17, 15) is 13.6 Å². The van der Waals surface area contributed by atoms with Crippen molar-refractivity contribution in [1.29, 1.82) is 0 Å². The number of aliphatic hydroxyl groups excluding tert-OH is 1. The van der Waals surface area contributed by atoms with Crippen LogP contribution < -0.4 is 11.1 Å². The Balaban J connectivity index is 2.11. The van der Waals surface area contributed by atoms with Crippen molar-refractivity contribution in [2.45, 2.75) is 13.2 Å². The molecule has 0 aliphatic carbocycles. The fraction of sp³-hybridized carbons (Fsp3) is 0.133. The van der Waals surface area contributed by atoms with Gasteiger partial charge in [-0.1, -0.05) is 24.3 Å². The van der Waals surface area contributed by atoms with Crippen LogP contribution in [0.15, 0.2) is 36.4 Å². The average Bonchev–Trinajstić information content (AvgIpc) is 2.48. The first kappa shape index (κ1) is 14.9. The van der Waals surface area contributed by atoms with E-state index in [2.05, 4.69) is 5.32 Å². The third-order valence-corrected chi connectivity index (χ3v) is 2.94. The number of aliphatic hydroxyl groups is 1. The van der Waals surface area contributed by atoms with Gasteiger partial charge in [-0.15, -0.1) is 0 Å². The highest BCUT2D eigenvalue weighted by Gasteiger charge is 2.15. The first-order valence-electron chi connectivity index (χ1n) is 6.22. The van der Waals surface area contributed by atoms with E-state index in [1.54, 1.807) is 24.3 Å². The van der Waals surface area contributed by atoms with Crippen LogP contribution in [0, 0.1) is 11.6 Å². The molecule has 2 rings (SSSR count).